The van der Waals surface area contributed by atoms with Crippen LogP contribution in [0.4, 0.5) is 0 Å². The highest BCUT2D eigenvalue weighted by Crippen LogP contribution is 2.18. The minimum atomic E-state index is -1.64. The van der Waals surface area contributed by atoms with Crippen molar-refractivity contribution in [2.45, 2.75) is 309 Å². The van der Waals surface area contributed by atoms with Gasteiger partial charge >= 0.3 is 11.9 Å². The van der Waals surface area contributed by atoms with Gasteiger partial charge in [0.2, 0.25) is 0 Å². The van der Waals surface area contributed by atoms with Gasteiger partial charge in [0, 0.05) is 12.8 Å². The highest BCUT2D eigenvalue weighted by atomic mass is 16.7. The fraction of sp³-hybridized carbons (Fsp3) is 0.724. The average molecular weight is 1190 g/mol. The lowest BCUT2D eigenvalue weighted by atomic mass is 10.0. The van der Waals surface area contributed by atoms with Crippen LogP contribution in [0.25, 0.3) is 0 Å². The number of aliphatic carboxylic acids is 1. The molecule has 0 bridgehead atoms. The summed E-state index contributed by atoms with van der Waals surface area (Å²) in [7, 11) is 5.91. The lowest BCUT2D eigenvalue weighted by Gasteiger charge is -2.26. The topological polar surface area (TPSA) is 111 Å². The third kappa shape index (κ3) is 67.3. The Labute approximate surface area is 524 Å². The van der Waals surface area contributed by atoms with E-state index in [1.165, 1.54) is 180 Å². The van der Waals surface area contributed by atoms with Gasteiger partial charge in [0.05, 0.1) is 40.3 Å². The van der Waals surface area contributed by atoms with Crippen molar-refractivity contribution in [3.63, 3.8) is 0 Å². The van der Waals surface area contributed by atoms with Crippen molar-refractivity contribution in [1.29, 1.82) is 0 Å². The zero-order valence-electron chi connectivity index (χ0n) is 55.7. The van der Waals surface area contributed by atoms with Crippen molar-refractivity contribution >= 4 is 17.9 Å². The molecule has 0 radical (unpaired) electrons. The number of unbranched alkanes of at least 4 members (excludes halogenated alkanes) is 31. The maximum absolute atomic E-state index is 12.9. The Morgan fingerprint density at radius 2 is 0.671 bits per heavy atom. The van der Waals surface area contributed by atoms with Crippen molar-refractivity contribution in [1.82, 2.24) is 0 Å². The standard InChI is InChI=1S/C76H131NO8/c1-6-8-10-12-14-16-18-20-22-24-26-28-30-32-34-36-37-39-40-42-44-46-48-50-52-54-56-58-60-62-64-66-73(78)83-70-72(71-84-76(75(80)81)82-69-68-77(3,4)5)85-74(79)67-65-63-61-59-57-55-53-51-49-47-45-43-41-38-35-33-31-29-27-25-23-21-19-17-15-13-11-9-7-2/h9,11,15,17,21,23,27,29,33,35,41,43,47,49,53,55,59,61,72,76H,6-8,10,12-14,16,18-20,22,24-26,28,30-32,34,36-40,42,44-46,48,50-52,54,56-58,60,62-71H2,1-5H3/b11-9-,17-15-,23-21-,29-27-,35-33-,43-41-,49-47-,55-53-,61-59-. The first-order valence-corrected chi connectivity index (χ1v) is 35.0. The predicted molar refractivity (Wildman–Crippen MR) is 361 cm³/mol. The van der Waals surface area contributed by atoms with Gasteiger partial charge in [0.1, 0.15) is 13.2 Å². The van der Waals surface area contributed by atoms with Gasteiger partial charge in [-0.25, -0.2) is 0 Å². The molecule has 2 unspecified atom stereocenters. The molecule has 0 heterocycles. The van der Waals surface area contributed by atoms with Gasteiger partial charge < -0.3 is 33.3 Å². The second-order valence-corrected chi connectivity index (χ2v) is 24.4. The molecule has 0 aliphatic rings. The number of carbonyl (C=O) groups excluding carboxylic acids is 3. The number of carbonyl (C=O) groups is 3. The van der Waals surface area contributed by atoms with Crippen molar-refractivity contribution in [3.05, 3.63) is 109 Å². The molecule has 0 amide bonds. The number of quaternary nitrogens is 1. The molecule has 0 aliphatic heterocycles. The largest absolute Gasteiger partial charge is 0.545 e. The van der Waals surface area contributed by atoms with Crippen molar-refractivity contribution in [3.8, 4) is 0 Å². The summed E-state index contributed by atoms with van der Waals surface area (Å²) in [6.45, 7) is 4.59. The minimum Gasteiger partial charge on any atom is -0.545 e. The van der Waals surface area contributed by atoms with E-state index in [1.54, 1.807) is 0 Å². The number of likely N-dealkylation sites (N-methyl/N-ethyl adjacent to an activating group) is 1. The summed E-state index contributed by atoms with van der Waals surface area (Å²) in [5.41, 5.74) is 0. The molecule has 0 spiro atoms. The van der Waals surface area contributed by atoms with Crippen molar-refractivity contribution in [2.24, 2.45) is 0 Å². The van der Waals surface area contributed by atoms with Crippen LogP contribution < -0.4 is 5.11 Å². The highest BCUT2D eigenvalue weighted by Gasteiger charge is 2.22. The zero-order chi connectivity index (χ0) is 61.9. The first-order valence-electron chi connectivity index (χ1n) is 35.0. The van der Waals surface area contributed by atoms with Gasteiger partial charge in [-0.3, -0.25) is 9.59 Å². The van der Waals surface area contributed by atoms with Crippen LogP contribution in [0, 0.1) is 0 Å². The number of hydrogen-bond acceptors (Lipinski definition) is 8. The molecule has 0 aromatic carbocycles. The molecule has 0 aromatic heterocycles. The third-order valence-corrected chi connectivity index (χ3v) is 15.0. The monoisotopic (exact) mass is 1190 g/mol. The molecule has 9 heteroatoms. The van der Waals surface area contributed by atoms with Crippen LogP contribution in [0.1, 0.15) is 296 Å². The molecule has 0 aromatic rings. The van der Waals surface area contributed by atoms with Crippen LogP contribution in [-0.2, 0) is 33.3 Å². The third-order valence-electron chi connectivity index (χ3n) is 15.0. The fourth-order valence-electron chi connectivity index (χ4n) is 9.72. The first kappa shape index (κ1) is 81.0. The fourth-order valence-corrected chi connectivity index (χ4v) is 9.72. The van der Waals surface area contributed by atoms with E-state index in [4.69, 9.17) is 18.9 Å². The Bertz CT molecular complexity index is 1760. The predicted octanol–water partition coefficient (Wildman–Crippen LogP) is 20.5. The van der Waals surface area contributed by atoms with E-state index < -0.39 is 24.3 Å². The molecular weight excluding hydrogens is 1050 g/mol. The van der Waals surface area contributed by atoms with Crippen LogP contribution in [0.3, 0.4) is 0 Å². The molecule has 9 nitrogen and oxygen atoms in total. The molecule has 0 aliphatic carbocycles. The maximum atomic E-state index is 12.9. The van der Waals surface area contributed by atoms with Gasteiger partial charge in [0.15, 0.2) is 12.4 Å². The Morgan fingerprint density at radius 3 is 0.988 bits per heavy atom. The van der Waals surface area contributed by atoms with Gasteiger partial charge in [-0.15, -0.1) is 0 Å². The number of allylic oxidation sites excluding steroid dienone is 18. The Balaban J connectivity index is 4.21. The lowest BCUT2D eigenvalue weighted by molar-refractivity contribution is -0.870. The molecule has 0 saturated carbocycles. The minimum absolute atomic E-state index is 0.132. The van der Waals surface area contributed by atoms with Crippen LogP contribution in [-0.4, -0.2) is 82.3 Å². The Hall–Kier alpha value is -4.05. The van der Waals surface area contributed by atoms with Crippen LogP contribution in [0.5, 0.6) is 0 Å². The molecule has 0 N–H and O–H groups in total. The molecule has 0 saturated heterocycles. The van der Waals surface area contributed by atoms with Crippen molar-refractivity contribution in [2.75, 3.05) is 47.5 Å². The number of carboxylic acids is 1. The summed E-state index contributed by atoms with van der Waals surface area (Å²) in [6, 6.07) is 0. The maximum Gasteiger partial charge on any atom is 0.306 e. The normalized spacial score (nSPS) is 13.4. The summed E-state index contributed by atoms with van der Waals surface area (Å²) in [5.74, 6) is -2.36. The van der Waals surface area contributed by atoms with Crippen molar-refractivity contribution < 1.29 is 42.9 Å². The van der Waals surface area contributed by atoms with E-state index in [9.17, 15) is 19.5 Å². The second kappa shape index (κ2) is 65.9. The Kier molecular flexibility index (Phi) is 62.8. The first-order chi connectivity index (χ1) is 41.6. The molecule has 0 rings (SSSR count). The molecule has 85 heavy (non-hydrogen) atoms. The van der Waals surface area contributed by atoms with E-state index in [0.717, 1.165) is 77.0 Å². The SMILES string of the molecule is CC/C=C\C/C=C\C/C=C\C/C=C\C/C=C\C/C=C\C/C=C\C/C=C\C/C=C\CCCC(=O)OC(COC(=O)CCCCCCCCCCCCCCCCCCCCCCCCCCCCCCCCC)COC(OCC[N+](C)(C)C)C(=O)[O-]. The van der Waals surface area contributed by atoms with E-state index in [-0.39, 0.29) is 38.6 Å². The smallest absolute Gasteiger partial charge is 0.306 e. The van der Waals surface area contributed by atoms with E-state index in [1.807, 2.05) is 21.1 Å². The molecule has 0 fully saturated rings. The number of esters is 2. The molecule has 2 atom stereocenters. The van der Waals surface area contributed by atoms with Crippen LogP contribution >= 0.6 is 0 Å². The molecule has 488 valence electrons. The van der Waals surface area contributed by atoms with E-state index in [2.05, 4.69) is 123 Å². The summed E-state index contributed by atoms with van der Waals surface area (Å²) < 4.78 is 22.7. The van der Waals surface area contributed by atoms with E-state index >= 15 is 0 Å². The highest BCUT2D eigenvalue weighted by molar-refractivity contribution is 5.70. The number of carboxylic acid groups (broad SMARTS) is 1. The van der Waals surface area contributed by atoms with Gasteiger partial charge in [-0.2, -0.15) is 0 Å². The lowest BCUT2D eigenvalue weighted by Crippen LogP contribution is -2.44. The van der Waals surface area contributed by atoms with Gasteiger partial charge in [0.25, 0.3) is 0 Å². The van der Waals surface area contributed by atoms with E-state index in [0.29, 0.717) is 23.9 Å². The van der Waals surface area contributed by atoms with Gasteiger partial charge in [-0.05, 0) is 77.0 Å². The number of ether oxygens (including phenoxy) is 4. The van der Waals surface area contributed by atoms with Crippen LogP contribution in [0.2, 0.25) is 0 Å². The summed E-state index contributed by atoms with van der Waals surface area (Å²) in [5, 5.41) is 11.8. The quantitative estimate of drug-likeness (QED) is 0.0195. The summed E-state index contributed by atoms with van der Waals surface area (Å²) in [4.78, 5) is 37.4. The summed E-state index contributed by atoms with van der Waals surface area (Å²) >= 11 is 0. The summed E-state index contributed by atoms with van der Waals surface area (Å²) in [6.07, 6.45) is 89.1. The van der Waals surface area contributed by atoms with Gasteiger partial charge in [-0.1, -0.05) is 316 Å². The average Bonchev–Trinajstić information content (AvgIpc) is 3.48. The Morgan fingerprint density at radius 1 is 0.365 bits per heavy atom. The number of nitrogens with zero attached hydrogens (tertiary/aromatic N) is 1. The molecular formula is C76H131NO8. The number of hydrogen-bond donors (Lipinski definition) is 0. The number of rotatable bonds is 64. The zero-order valence-corrected chi connectivity index (χ0v) is 55.7. The second-order valence-electron chi connectivity index (χ2n) is 24.4. The van der Waals surface area contributed by atoms with Crippen LogP contribution in [0.15, 0.2) is 109 Å².